The van der Waals surface area contributed by atoms with Gasteiger partial charge < -0.3 is 15.5 Å². The van der Waals surface area contributed by atoms with Gasteiger partial charge in [0.05, 0.1) is 6.21 Å². The number of nitrogens with zero attached hydrogens (tertiary/aromatic N) is 1. The van der Waals surface area contributed by atoms with Gasteiger partial charge in [0.15, 0.2) is 0 Å². The van der Waals surface area contributed by atoms with Crippen LogP contribution >= 0.6 is 0 Å². The van der Waals surface area contributed by atoms with Crippen molar-refractivity contribution in [3.05, 3.63) is 101 Å². The van der Waals surface area contributed by atoms with E-state index in [0.29, 0.717) is 11.1 Å². The summed E-state index contributed by atoms with van der Waals surface area (Å²) in [7, 11) is 0. The van der Waals surface area contributed by atoms with Gasteiger partial charge in [-0.25, -0.2) is 5.43 Å². The molecule has 150 valence electrons. The van der Waals surface area contributed by atoms with Crippen LogP contribution in [-0.4, -0.2) is 28.2 Å². The molecule has 0 fully saturated rings. The molecule has 0 aromatic heterocycles. The van der Waals surface area contributed by atoms with E-state index in [1.807, 2.05) is 18.2 Å². The van der Waals surface area contributed by atoms with Crippen LogP contribution in [0.1, 0.15) is 21.5 Å². The van der Waals surface area contributed by atoms with Crippen molar-refractivity contribution in [1.29, 1.82) is 0 Å². The van der Waals surface area contributed by atoms with E-state index in [9.17, 15) is 19.8 Å². The van der Waals surface area contributed by atoms with E-state index in [-0.39, 0.29) is 17.2 Å². The molecule has 30 heavy (non-hydrogen) atoms. The normalized spacial score (nSPS) is 11.3. The fraction of sp³-hybridized carbons (Fsp3) is 0. The van der Waals surface area contributed by atoms with Crippen LogP contribution in [0.2, 0.25) is 0 Å². The Bertz CT molecular complexity index is 1090. The Hall–Kier alpha value is -4.39. The topological polar surface area (TPSA) is 111 Å². The number of aromatic hydroxyl groups is 2. The van der Waals surface area contributed by atoms with Crippen LogP contribution in [0, 0.1) is 0 Å². The third-order valence-electron chi connectivity index (χ3n) is 4.02. The summed E-state index contributed by atoms with van der Waals surface area (Å²) in [6.07, 6.45) is 2.76. The molecule has 3 rings (SSSR count). The molecule has 0 aliphatic carbocycles. The minimum atomic E-state index is -0.641. The maximum Gasteiger partial charge on any atom is 0.287 e. The zero-order valence-electron chi connectivity index (χ0n) is 15.8. The number of hydrogen-bond donors (Lipinski definition) is 4. The number of hydrogen-bond acceptors (Lipinski definition) is 5. The molecule has 2 amide bonds. The molecule has 4 N–H and O–H groups in total. The van der Waals surface area contributed by atoms with Gasteiger partial charge >= 0.3 is 0 Å². The fourth-order valence-corrected chi connectivity index (χ4v) is 2.52. The molecule has 7 heteroatoms. The molecular formula is C23H19N3O4. The summed E-state index contributed by atoms with van der Waals surface area (Å²) in [5.41, 5.74) is 3.75. The van der Waals surface area contributed by atoms with Gasteiger partial charge in [-0.3, -0.25) is 9.59 Å². The Morgan fingerprint density at radius 1 is 0.867 bits per heavy atom. The zero-order valence-corrected chi connectivity index (χ0v) is 15.8. The average Bonchev–Trinajstić information content (AvgIpc) is 2.76. The van der Waals surface area contributed by atoms with Gasteiger partial charge in [0.1, 0.15) is 17.2 Å². The molecule has 0 unspecified atom stereocenters. The second-order valence-electron chi connectivity index (χ2n) is 6.23. The lowest BCUT2D eigenvalue weighted by atomic mass is 10.1. The zero-order chi connectivity index (χ0) is 21.3. The molecule has 7 nitrogen and oxygen atoms in total. The van der Waals surface area contributed by atoms with Gasteiger partial charge in [0.25, 0.3) is 11.8 Å². The van der Waals surface area contributed by atoms with Crippen LogP contribution in [0.25, 0.3) is 6.08 Å². The van der Waals surface area contributed by atoms with E-state index in [1.165, 1.54) is 24.4 Å². The maximum atomic E-state index is 12.6. The first-order valence-corrected chi connectivity index (χ1v) is 9.01. The van der Waals surface area contributed by atoms with E-state index < -0.39 is 11.8 Å². The van der Waals surface area contributed by atoms with E-state index in [4.69, 9.17) is 0 Å². The predicted octanol–water partition coefficient (Wildman–Crippen LogP) is 3.02. The number of amides is 2. The average molecular weight is 401 g/mol. The van der Waals surface area contributed by atoms with Crippen molar-refractivity contribution in [2.24, 2.45) is 5.10 Å². The molecule has 3 aromatic rings. The van der Waals surface area contributed by atoms with E-state index in [0.717, 1.165) is 11.6 Å². The van der Waals surface area contributed by atoms with Crippen LogP contribution in [-0.2, 0) is 4.79 Å². The lowest BCUT2D eigenvalue weighted by Crippen LogP contribution is -2.32. The number of rotatable bonds is 6. The lowest BCUT2D eigenvalue weighted by Gasteiger charge is -2.09. The van der Waals surface area contributed by atoms with Crippen molar-refractivity contribution in [2.45, 2.75) is 0 Å². The van der Waals surface area contributed by atoms with Crippen LogP contribution in [0.15, 0.2) is 89.7 Å². The first-order chi connectivity index (χ1) is 14.5. The van der Waals surface area contributed by atoms with Crippen molar-refractivity contribution in [3.63, 3.8) is 0 Å². The number of carbonyl (C=O) groups excluding carboxylic acids is 2. The highest BCUT2D eigenvalue weighted by Gasteiger charge is 2.14. The monoisotopic (exact) mass is 401 g/mol. The number of nitrogens with one attached hydrogen (secondary N) is 2. The summed E-state index contributed by atoms with van der Waals surface area (Å²) in [5.74, 6) is -1.36. The fourth-order valence-electron chi connectivity index (χ4n) is 2.52. The number of benzene rings is 3. The predicted molar refractivity (Wildman–Crippen MR) is 114 cm³/mol. The molecule has 0 saturated carbocycles. The van der Waals surface area contributed by atoms with E-state index in [2.05, 4.69) is 15.8 Å². The third-order valence-corrected chi connectivity index (χ3v) is 4.02. The quantitative estimate of drug-likeness (QED) is 0.289. The summed E-state index contributed by atoms with van der Waals surface area (Å²) < 4.78 is 0. The van der Waals surface area contributed by atoms with Gasteiger partial charge in [0.2, 0.25) is 0 Å². The second-order valence-corrected chi connectivity index (χ2v) is 6.23. The molecule has 0 atom stereocenters. The molecule has 3 aromatic carbocycles. The smallest absolute Gasteiger partial charge is 0.287 e. The molecule has 0 heterocycles. The Morgan fingerprint density at radius 2 is 1.53 bits per heavy atom. The molecule has 0 saturated heterocycles. The van der Waals surface area contributed by atoms with Crippen LogP contribution in [0.5, 0.6) is 11.5 Å². The third kappa shape index (κ3) is 5.56. The maximum absolute atomic E-state index is 12.6. The number of phenols is 2. The number of carbonyl (C=O) groups is 2. The van der Waals surface area contributed by atoms with Gasteiger partial charge in [-0.05, 0) is 35.9 Å². The highest BCUT2D eigenvalue weighted by molar-refractivity contribution is 6.05. The van der Waals surface area contributed by atoms with Crippen LogP contribution in [0.3, 0.4) is 0 Å². The summed E-state index contributed by atoms with van der Waals surface area (Å²) >= 11 is 0. The molecule has 0 spiro atoms. The number of phenolic OH excluding ortho intramolecular Hbond substituents is 2. The minimum Gasteiger partial charge on any atom is -0.508 e. The first-order valence-electron chi connectivity index (χ1n) is 9.01. The van der Waals surface area contributed by atoms with Crippen molar-refractivity contribution in [2.75, 3.05) is 0 Å². The molecular weight excluding hydrogens is 382 g/mol. The SMILES string of the molecule is O=C(N/N=C/c1ccc(O)cc1O)C(=Cc1ccccc1)NC(=O)c1ccccc1. The standard InChI is InChI=1S/C23H19N3O4/c27-19-12-11-18(21(28)14-19)15-24-26-23(30)20(13-16-7-3-1-4-8-16)25-22(29)17-9-5-2-6-10-17/h1-15,27-28H,(H,25,29)(H,26,30)/b20-13?,24-15+. The van der Waals surface area contributed by atoms with Crippen LogP contribution < -0.4 is 10.7 Å². The van der Waals surface area contributed by atoms with Gasteiger partial charge in [-0.2, -0.15) is 5.10 Å². The van der Waals surface area contributed by atoms with Crippen LogP contribution in [0.4, 0.5) is 0 Å². The molecule has 0 radical (unpaired) electrons. The Morgan fingerprint density at radius 3 is 2.20 bits per heavy atom. The summed E-state index contributed by atoms with van der Waals surface area (Å²) in [5, 5.41) is 25.5. The van der Waals surface area contributed by atoms with Gasteiger partial charge in [-0.1, -0.05) is 48.5 Å². The van der Waals surface area contributed by atoms with E-state index >= 15 is 0 Å². The Balaban J connectivity index is 1.78. The van der Waals surface area contributed by atoms with Crippen molar-refractivity contribution in [3.8, 4) is 11.5 Å². The van der Waals surface area contributed by atoms with Crippen molar-refractivity contribution >= 4 is 24.1 Å². The summed E-state index contributed by atoms with van der Waals surface area (Å²) in [6.45, 7) is 0. The number of hydrazone groups is 1. The summed E-state index contributed by atoms with van der Waals surface area (Å²) in [6, 6.07) is 21.5. The largest absolute Gasteiger partial charge is 0.508 e. The highest BCUT2D eigenvalue weighted by atomic mass is 16.3. The first kappa shape index (κ1) is 20.3. The molecule has 0 aliphatic heterocycles. The van der Waals surface area contributed by atoms with Crippen molar-refractivity contribution < 1.29 is 19.8 Å². The summed E-state index contributed by atoms with van der Waals surface area (Å²) in [4.78, 5) is 25.1. The molecule has 0 aliphatic rings. The highest BCUT2D eigenvalue weighted by Crippen LogP contribution is 2.20. The minimum absolute atomic E-state index is 0.00197. The molecule has 0 bridgehead atoms. The Kier molecular flexibility index (Phi) is 6.58. The Labute approximate surface area is 173 Å². The van der Waals surface area contributed by atoms with Gasteiger partial charge in [0, 0.05) is 17.2 Å². The van der Waals surface area contributed by atoms with E-state index in [1.54, 1.807) is 42.5 Å². The lowest BCUT2D eigenvalue weighted by molar-refractivity contribution is -0.117. The van der Waals surface area contributed by atoms with Crippen molar-refractivity contribution in [1.82, 2.24) is 10.7 Å². The second kappa shape index (κ2) is 9.70. The van der Waals surface area contributed by atoms with Gasteiger partial charge in [-0.15, -0.1) is 0 Å².